The van der Waals surface area contributed by atoms with E-state index in [4.69, 9.17) is 11.6 Å². The van der Waals surface area contributed by atoms with Crippen LogP contribution in [0.4, 0.5) is 5.13 Å². The first-order chi connectivity index (χ1) is 7.17. The van der Waals surface area contributed by atoms with Gasteiger partial charge in [-0.15, -0.1) is 11.3 Å². The quantitative estimate of drug-likeness (QED) is 0.750. The minimum absolute atomic E-state index is 0.212. The molecule has 0 aliphatic rings. The molecule has 0 aromatic carbocycles. The van der Waals surface area contributed by atoms with E-state index in [1.54, 1.807) is 5.38 Å². The number of methoxy groups -OCH3 is 1. The standard InChI is InChI=1S/C9H13ClN2O2S/c1-3-12(5-4-8(13)14-2)9-11-7(10)6-15-9/h6H,3-5H2,1-2H3. The van der Waals surface area contributed by atoms with Crippen molar-refractivity contribution in [2.75, 3.05) is 25.1 Å². The Balaban J connectivity index is 2.53. The van der Waals surface area contributed by atoms with Gasteiger partial charge < -0.3 is 9.64 Å². The van der Waals surface area contributed by atoms with Crippen molar-refractivity contribution >= 4 is 34.0 Å². The van der Waals surface area contributed by atoms with E-state index in [2.05, 4.69) is 9.72 Å². The minimum atomic E-state index is -0.212. The number of carbonyl (C=O) groups excluding carboxylic acids is 1. The third kappa shape index (κ3) is 3.68. The summed E-state index contributed by atoms with van der Waals surface area (Å²) in [6, 6.07) is 0. The van der Waals surface area contributed by atoms with Crippen LogP contribution in [-0.2, 0) is 9.53 Å². The number of nitrogens with zero attached hydrogens (tertiary/aromatic N) is 2. The van der Waals surface area contributed by atoms with Crippen LogP contribution in [0, 0.1) is 0 Å². The molecule has 1 aromatic heterocycles. The van der Waals surface area contributed by atoms with E-state index in [0.717, 1.165) is 11.7 Å². The molecule has 0 bridgehead atoms. The molecule has 84 valence electrons. The molecule has 0 spiro atoms. The Kier molecular flexibility index (Phi) is 4.84. The Labute approximate surface area is 97.8 Å². The number of carbonyl (C=O) groups is 1. The lowest BCUT2D eigenvalue weighted by Crippen LogP contribution is -2.25. The molecule has 1 heterocycles. The normalized spacial score (nSPS) is 10.1. The Morgan fingerprint density at radius 3 is 2.93 bits per heavy atom. The summed E-state index contributed by atoms with van der Waals surface area (Å²) in [7, 11) is 1.39. The van der Waals surface area contributed by atoms with Gasteiger partial charge in [0.25, 0.3) is 0 Å². The Hall–Kier alpha value is -0.810. The highest BCUT2D eigenvalue weighted by Gasteiger charge is 2.10. The number of rotatable bonds is 5. The van der Waals surface area contributed by atoms with Gasteiger partial charge in [-0.3, -0.25) is 4.79 Å². The molecule has 0 unspecified atom stereocenters. The summed E-state index contributed by atoms with van der Waals surface area (Å²) in [6.45, 7) is 3.40. The molecule has 15 heavy (non-hydrogen) atoms. The molecule has 0 aliphatic heterocycles. The number of aromatic nitrogens is 1. The van der Waals surface area contributed by atoms with Crippen LogP contribution in [0.3, 0.4) is 0 Å². The zero-order valence-electron chi connectivity index (χ0n) is 8.70. The van der Waals surface area contributed by atoms with Gasteiger partial charge >= 0.3 is 5.97 Å². The summed E-state index contributed by atoms with van der Waals surface area (Å²) in [6.07, 6.45) is 0.363. The number of halogens is 1. The fourth-order valence-corrected chi connectivity index (χ4v) is 2.15. The van der Waals surface area contributed by atoms with E-state index < -0.39 is 0 Å². The maximum Gasteiger partial charge on any atom is 0.307 e. The largest absolute Gasteiger partial charge is 0.469 e. The van der Waals surface area contributed by atoms with Crippen LogP contribution in [-0.4, -0.2) is 31.2 Å². The monoisotopic (exact) mass is 248 g/mol. The summed E-state index contributed by atoms with van der Waals surface area (Å²) in [5, 5.41) is 3.11. The van der Waals surface area contributed by atoms with Crippen LogP contribution < -0.4 is 4.90 Å². The number of hydrogen-bond acceptors (Lipinski definition) is 5. The average Bonchev–Trinajstić information content (AvgIpc) is 2.65. The molecule has 1 rings (SSSR count). The number of anilines is 1. The molecule has 0 saturated carbocycles. The molecule has 0 saturated heterocycles. The Bertz CT molecular complexity index is 330. The fraction of sp³-hybridized carbons (Fsp3) is 0.556. The van der Waals surface area contributed by atoms with Crippen molar-refractivity contribution in [2.45, 2.75) is 13.3 Å². The van der Waals surface area contributed by atoms with Gasteiger partial charge in [-0.2, -0.15) is 0 Å². The van der Waals surface area contributed by atoms with Gasteiger partial charge in [0.05, 0.1) is 13.5 Å². The fourth-order valence-electron chi connectivity index (χ4n) is 1.11. The highest BCUT2D eigenvalue weighted by Crippen LogP contribution is 2.23. The molecule has 0 N–H and O–H groups in total. The summed E-state index contributed by atoms with van der Waals surface area (Å²) in [4.78, 5) is 17.1. The van der Waals surface area contributed by atoms with Gasteiger partial charge in [0, 0.05) is 18.5 Å². The average molecular weight is 249 g/mol. The van der Waals surface area contributed by atoms with Gasteiger partial charge in [0.2, 0.25) is 0 Å². The van der Waals surface area contributed by atoms with Crippen molar-refractivity contribution in [3.05, 3.63) is 10.5 Å². The molecule has 4 nitrogen and oxygen atoms in total. The van der Waals surface area contributed by atoms with E-state index in [1.807, 2.05) is 11.8 Å². The SMILES string of the molecule is CCN(CCC(=O)OC)c1nc(Cl)cs1. The molecule has 0 aliphatic carbocycles. The van der Waals surface area contributed by atoms with Gasteiger partial charge in [-0.05, 0) is 6.92 Å². The van der Waals surface area contributed by atoms with E-state index in [0.29, 0.717) is 18.1 Å². The molecule has 0 fully saturated rings. The first kappa shape index (κ1) is 12.3. The van der Waals surface area contributed by atoms with Crippen molar-refractivity contribution in [3.63, 3.8) is 0 Å². The van der Waals surface area contributed by atoms with E-state index in [9.17, 15) is 4.79 Å². The third-order valence-corrected chi connectivity index (χ3v) is 3.15. The molecular weight excluding hydrogens is 236 g/mol. The van der Waals surface area contributed by atoms with Crippen molar-refractivity contribution in [2.24, 2.45) is 0 Å². The summed E-state index contributed by atoms with van der Waals surface area (Å²) in [5.74, 6) is -0.212. The number of hydrogen-bond donors (Lipinski definition) is 0. The predicted octanol–water partition coefficient (Wildman–Crippen LogP) is 2.19. The number of esters is 1. The lowest BCUT2D eigenvalue weighted by molar-refractivity contribution is -0.140. The van der Waals surface area contributed by atoms with Gasteiger partial charge in [0.1, 0.15) is 5.15 Å². The summed E-state index contributed by atoms with van der Waals surface area (Å²) >= 11 is 7.20. The number of thiazole rings is 1. The Morgan fingerprint density at radius 1 is 1.73 bits per heavy atom. The van der Waals surface area contributed by atoms with E-state index in [-0.39, 0.29) is 5.97 Å². The van der Waals surface area contributed by atoms with Crippen LogP contribution in [0.2, 0.25) is 5.15 Å². The van der Waals surface area contributed by atoms with E-state index >= 15 is 0 Å². The summed E-state index contributed by atoms with van der Waals surface area (Å²) in [5.41, 5.74) is 0. The van der Waals surface area contributed by atoms with E-state index in [1.165, 1.54) is 18.4 Å². The zero-order valence-corrected chi connectivity index (χ0v) is 10.3. The second-order valence-corrected chi connectivity index (χ2v) is 4.08. The van der Waals surface area contributed by atoms with Crippen molar-refractivity contribution in [1.82, 2.24) is 4.98 Å². The molecule has 6 heteroatoms. The molecular formula is C9H13ClN2O2S. The van der Waals surface area contributed by atoms with Gasteiger partial charge in [-0.1, -0.05) is 11.6 Å². The van der Waals surface area contributed by atoms with Crippen LogP contribution in [0.1, 0.15) is 13.3 Å². The molecule has 0 amide bonds. The minimum Gasteiger partial charge on any atom is -0.469 e. The number of ether oxygens (including phenoxy) is 1. The van der Waals surface area contributed by atoms with Crippen molar-refractivity contribution < 1.29 is 9.53 Å². The maximum atomic E-state index is 11.0. The summed E-state index contributed by atoms with van der Waals surface area (Å²) < 4.78 is 4.58. The first-order valence-corrected chi connectivity index (χ1v) is 5.86. The molecule has 1 aromatic rings. The molecule has 0 radical (unpaired) electrons. The van der Waals surface area contributed by atoms with Crippen LogP contribution in [0.5, 0.6) is 0 Å². The second-order valence-electron chi connectivity index (χ2n) is 2.86. The first-order valence-electron chi connectivity index (χ1n) is 4.60. The highest BCUT2D eigenvalue weighted by atomic mass is 35.5. The second kappa shape index (κ2) is 5.92. The van der Waals surface area contributed by atoms with Crippen LogP contribution in [0.15, 0.2) is 5.38 Å². The van der Waals surface area contributed by atoms with Gasteiger partial charge in [-0.25, -0.2) is 4.98 Å². The lowest BCUT2D eigenvalue weighted by Gasteiger charge is -2.18. The lowest BCUT2D eigenvalue weighted by atomic mass is 10.4. The van der Waals surface area contributed by atoms with Crippen molar-refractivity contribution in [1.29, 1.82) is 0 Å². The van der Waals surface area contributed by atoms with Crippen LogP contribution >= 0.6 is 22.9 Å². The van der Waals surface area contributed by atoms with Crippen molar-refractivity contribution in [3.8, 4) is 0 Å². The van der Waals surface area contributed by atoms with Gasteiger partial charge in [0.15, 0.2) is 5.13 Å². The zero-order chi connectivity index (χ0) is 11.3. The van der Waals surface area contributed by atoms with Crippen LogP contribution in [0.25, 0.3) is 0 Å². The highest BCUT2D eigenvalue weighted by molar-refractivity contribution is 7.14. The smallest absolute Gasteiger partial charge is 0.307 e. The maximum absolute atomic E-state index is 11.0. The molecule has 0 atom stereocenters. The predicted molar refractivity (Wildman–Crippen MR) is 61.6 cm³/mol. The topological polar surface area (TPSA) is 42.4 Å². The third-order valence-electron chi connectivity index (χ3n) is 1.93. The Morgan fingerprint density at radius 2 is 2.47 bits per heavy atom.